The second kappa shape index (κ2) is 3.67. The fraction of sp³-hybridized carbons (Fsp3) is 0.909. The van der Waals surface area contributed by atoms with Gasteiger partial charge in [0.25, 0.3) is 0 Å². The molecule has 2 nitrogen and oxygen atoms in total. The predicted molar refractivity (Wildman–Crippen MR) is 52.1 cm³/mol. The fourth-order valence-corrected chi connectivity index (χ4v) is 2.58. The van der Waals surface area contributed by atoms with Crippen LogP contribution in [-0.4, -0.2) is 24.0 Å². The molecule has 1 aliphatic heterocycles. The molecule has 2 fully saturated rings. The molecule has 0 radical (unpaired) electrons. The lowest BCUT2D eigenvalue weighted by molar-refractivity contribution is 0.0544. The van der Waals surface area contributed by atoms with Crippen molar-refractivity contribution in [2.75, 3.05) is 13.1 Å². The molecule has 13 heavy (non-hydrogen) atoms. The SMILES string of the molecule is CC1CCC(C#N)C(N2CCC2)C1. The van der Waals surface area contributed by atoms with Gasteiger partial charge in [-0.05, 0) is 44.7 Å². The number of hydrogen-bond donors (Lipinski definition) is 0. The summed E-state index contributed by atoms with van der Waals surface area (Å²) in [6.45, 7) is 4.78. The summed E-state index contributed by atoms with van der Waals surface area (Å²) < 4.78 is 0. The molecule has 0 spiro atoms. The van der Waals surface area contributed by atoms with Gasteiger partial charge in [-0.3, -0.25) is 4.90 Å². The van der Waals surface area contributed by atoms with Gasteiger partial charge in [-0.25, -0.2) is 0 Å². The number of nitrogens with zero attached hydrogens (tertiary/aromatic N) is 2. The van der Waals surface area contributed by atoms with Crippen molar-refractivity contribution < 1.29 is 0 Å². The van der Waals surface area contributed by atoms with Crippen molar-refractivity contribution in [2.45, 2.75) is 38.6 Å². The minimum atomic E-state index is 0.316. The Balaban J connectivity index is 1.99. The lowest BCUT2D eigenvalue weighted by atomic mass is 9.78. The highest BCUT2D eigenvalue weighted by Gasteiger charge is 2.34. The van der Waals surface area contributed by atoms with Crippen LogP contribution in [-0.2, 0) is 0 Å². The molecule has 1 aliphatic carbocycles. The Labute approximate surface area is 80.5 Å². The topological polar surface area (TPSA) is 27.0 Å². The van der Waals surface area contributed by atoms with E-state index in [1.165, 1.54) is 32.4 Å². The van der Waals surface area contributed by atoms with Crippen molar-refractivity contribution in [3.63, 3.8) is 0 Å². The summed E-state index contributed by atoms with van der Waals surface area (Å²) in [5.74, 6) is 1.15. The van der Waals surface area contributed by atoms with Gasteiger partial charge in [0, 0.05) is 6.04 Å². The molecule has 3 unspecified atom stereocenters. The van der Waals surface area contributed by atoms with E-state index in [0.29, 0.717) is 12.0 Å². The van der Waals surface area contributed by atoms with Gasteiger partial charge in [-0.1, -0.05) is 6.92 Å². The van der Waals surface area contributed by atoms with Crippen molar-refractivity contribution >= 4 is 0 Å². The summed E-state index contributed by atoms with van der Waals surface area (Å²) in [5.41, 5.74) is 0. The molecule has 2 rings (SSSR count). The predicted octanol–water partition coefficient (Wildman–Crippen LogP) is 2.02. The first-order valence-corrected chi connectivity index (χ1v) is 5.45. The average Bonchev–Trinajstić information content (AvgIpc) is 2.02. The Bertz CT molecular complexity index is 215. The van der Waals surface area contributed by atoms with Gasteiger partial charge in [0.2, 0.25) is 0 Å². The van der Waals surface area contributed by atoms with Gasteiger partial charge in [-0.15, -0.1) is 0 Å². The minimum absolute atomic E-state index is 0.316. The van der Waals surface area contributed by atoms with E-state index in [2.05, 4.69) is 17.9 Å². The summed E-state index contributed by atoms with van der Waals surface area (Å²) in [4.78, 5) is 2.50. The van der Waals surface area contributed by atoms with Gasteiger partial charge in [0.15, 0.2) is 0 Å². The smallest absolute Gasteiger partial charge is 0.0672 e. The largest absolute Gasteiger partial charge is 0.299 e. The molecule has 0 amide bonds. The zero-order chi connectivity index (χ0) is 9.26. The highest BCUT2D eigenvalue weighted by molar-refractivity contribution is 4.98. The number of rotatable bonds is 1. The van der Waals surface area contributed by atoms with E-state index in [-0.39, 0.29) is 0 Å². The summed E-state index contributed by atoms with van der Waals surface area (Å²) >= 11 is 0. The van der Waals surface area contributed by atoms with Crippen LogP contribution in [0.4, 0.5) is 0 Å². The monoisotopic (exact) mass is 178 g/mol. The van der Waals surface area contributed by atoms with Crippen LogP contribution in [0.1, 0.15) is 32.6 Å². The van der Waals surface area contributed by atoms with Crippen molar-refractivity contribution in [1.29, 1.82) is 5.26 Å². The summed E-state index contributed by atoms with van der Waals surface area (Å²) in [5, 5.41) is 9.04. The van der Waals surface area contributed by atoms with Gasteiger partial charge in [0.05, 0.1) is 12.0 Å². The lowest BCUT2D eigenvalue weighted by Crippen LogP contribution is -2.50. The van der Waals surface area contributed by atoms with Crippen LogP contribution in [0, 0.1) is 23.2 Å². The molecule has 0 aromatic carbocycles. The Morgan fingerprint density at radius 2 is 2.08 bits per heavy atom. The van der Waals surface area contributed by atoms with E-state index in [0.717, 1.165) is 12.3 Å². The van der Waals surface area contributed by atoms with Crippen LogP contribution in [0.25, 0.3) is 0 Å². The average molecular weight is 178 g/mol. The standard InChI is InChI=1S/C11H18N2/c1-9-3-4-10(8-12)11(7-9)13-5-2-6-13/h9-11H,2-7H2,1H3. The quantitative estimate of drug-likeness (QED) is 0.614. The van der Waals surface area contributed by atoms with E-state index in [9.17, 15) is 0 Å². The Kier molecular flexibility index (Phi) is 2.55. The molecule has 0 aromatic heterocycles. The van der Waals surface area contributed by atoms with Crippen LogP contribution < -0.4 is 0 Å². The summed E-state index contributed by atoms with van der Waals surface area (Å²) in [7, 11) is 0. The Morgan fingerprint density at radius 3 is 2.62 bits per heavy atom. The number of nitriles is 1. The second-order valence-electron chi connectivity index (χ2n) is 4.61. The van der Waals surface area contributed by atoms with Crippen molar-refractivity contribution in [3.8, 4) is 6.07 Å². The van der Waals surface area contributed by atoms with E-state index >= 15 is 0 Å². The lowest BCUT2D eigenvalue weighted by Gasteiger charge is -2.44. The van der Waals surface area contributed by atoms with Crippen LogP contribution in [0.2, 0.25) is 0 Å². The van der Waals surface area contributed by atoms with Crippen molar-refractivity contribution in [1.82, 2.24) is 4.90 Å². The van der Waals surface area contributed by atoms with Crippen LogP contribution in [0.15, 0.2) is 0 Å². The first-order chi connectivity index (χ1) is 6.31. The maximum absolute atomic E-state index is 9.04. The fourth-order valence-electron chi connectivity index (χ4n) is 2.58. The van der Waals surface area contributed by atoms with Crippen molar-refractivity contribution in [2.24, 2.45) is 11.8 Å². The molecule has 0 aromatic rings. The molecule has 2 heteroatoms. The Morgan fingerprint density at radius 1 is 1.31 bits per heavy atom. The van der Waals surface area contributed by atoms with Gasteiger partial charge >= 0.3 is 0 Å². The molecular weight excluding hydrogens is 160 g/mol. The third kappa shape index (κ3) is 1.71. The Hall–Kier alpha value is -0.550. The van der Waals surface area contributed by atoms with E-state index in [4.69, 9.17) is 5.26 Å². The molecule has 0 N–H and O–H groups in total. The molecular formula is C11H18N2. The zero-order valence-corrected chi connectivity index (χ0v) is 8.37. The van der Waals surface area contributed by atoms with E-state index in [1.54, 1.807) is 0 Å². The first-order valence-electron chi connectivity index (χ1n) is 5.45. The van der Waals surface area contributed by atoms with E-state index in [1.807, 2.05) is 0 Å². The molecule has 0 bridgehead atoms. The highest BCUT2D eigenvalue weighted by atomic mass is 15.2. The molecule has 1 saturated carbocycles. The van der Waals surface area contributed by atoms with Gasteiger partial charge in [0.1, 0.15) is 0 Å². The highest BCUT2D eigenvalue weighted by Crippen LogP contribution is 2.33. The van der Waals surface area contributed by atoms with Gasteiger partial charge < -0.3 is 0 Å². The van der Waals surface area contributed by atoms with Crippen LogP contribution >= 0.6 is 0 Å². The maximum Gasteiger partial charge on any atom is 0.0672 e. The second-order valence-corrected chi connectivity index (χ2v) is 4.61. The zero-order valence-electron chi connectivity index (χ0n) is 8.37. The number of likely N-dealkylation sites (tertiary alicyclic amines) is 1. The third-order valence-electron chi connectivity index (χ3n) is 3.60. The first kappa shape index (κ1) is 9.02. The molecule has 1 heterocycles. The maximum atomic E-state index is 9.04. The molecule has 3 atom stereocenters. The molecule has 72 valence electrons. The van der Waals surface area contributed by atoms with Crippen LogP contribution in [0.3, 0.4) is 0 Å². The normalized spacial score (nSPS) is 40.8. The molecule has 2 aliphatic rings. The summed E-state index contributed by atoms with van der Waals surface area (Å²) in [6.07, 6.45) is 4.96. The number of hydrogen-bond acceptors (Lipinski definition) is 2. The minimum Gasteiger partial charge on any atom is -0.299 e. The van der Waals surface area contributed by atoms with Crippen LogP contribution in [0.5, 0.6) is 0 Å². The van der Waals surface area contributed by atoms with Gasteiger partial charge in [-0.2, -0.15) is 5.26 Å². The summed E-state index contributed by atoms with van der Waals surface area (Å²) in [6, 6.07) is 3.07. The van der Waals surface area contributed by atoms with Crippen molar-refractivity contribution in [3.05, 3.63) is 0 Å². The third-order valence-corrected chi connectivity index (χ3v) is 3.60. The van der Waals surface area contributed by atoms with E-state index < -0.39 is 0 Å². The molecule has 1 saturated heterocycles.